The Bertz CT molecular complexity index is 837. The zero-order chi connectivity index (χ0) is 15.6. The molecule has 1 fully saturated rings. The van der Waals surface area contributed by atoms with Gasteiger partial charge in [-0.25, -0.2) is 0 Å². The van der Waals surface area contributed by atoms with Crippen LogP contribution in [0.4, 0.5) is 5.69 Å². The summed E-state index contributed by atoms with van der Waals surface area (Å²) in [6.45, 7) is 1.95. The van der Waals surface area contributed by atoms with Gasteiger partial charge in [0.25, 0.3) is 5.91 Å². The Morgan fingerprint density at radius 1 is 1.25 bits per heavy atom. The van der Waals surface area contributed by atoms with Gasteiger partial charge in [-0.1, -0.05) is 0 Å². The van der Waals surface area contributed by atoms with Crippen LogP contribution in [-0.2, 0) is 0 Å². The van der Waals surface area contributed by atoms with E-state index in [-0.39, 0.29) is 18.3 Å². The van der Waals surface area contributed by atoms with Gasteiger partial charge in [0.05, 0.1) is 6.04 Å². The van der Waals surface area contributed by atoms with Gasteiger partial charge in [0, 0.05) is 18.4 Å². The molecule has 3 aromatic rings. The number of hydrogen-bond acceptors (Lipinski definition) is 5. The van der Waals surface area contributed by atoms with Gasteiger partial charge < -0.3 is 10.6 Å². The fraction of sp³-hybridized carbons (Fsp3) is 0.333. The number of carbonyl (C=O) groups excluding carboxylic acids is 1. The summed E-state index contributed by atoms with van der Waals surface area (Å²) >= 11 is 0. The summed E-state index contributed by atoms with van der Waals surface area (Å²) in [6, 6.07) is 7.44. The maximum atomic E-state index is 12.3. The highest BCUT2D eigenvalue weighted by atomic mass is 35.5. The zero-order valence-corrected chi connectivity index (χ0v) is 13.7. The molecule has 4 rings (SSSR count). The van der Waals surface area contributed by atoms with Crippen molar-refractivity contribution in [3.63, 3.8) is 0 Å². The Morgan fingerprint density at radius 3 is 2.96 bits per heavy atom. The van der Waals surface area contributed by atoms with Gasteiger partial charge in [-0.15, -0.1) is 12.4 Å². The molecule has 0 bridgehead atoms. The molecule has 3 N–H and O–H groups in total. The second-order valence-corrected chi connectivity index (χ2v) is 5.66. The zero-order valence-electron chi connectivity index (χ0n) is 12.9. The molecule has 0 saturated carbocycles. The standard InChI is InChI=1S/C15H17N7O.ClH/c23-15(17-10-3-4-12-14(8-10)19-21-18-12)13-5-7-22(20-13)11-2-1-6-16-9-11;/h3-5,7-8,11,16H,1-2,6,9H2,(H,17,23)(H,18,19,21);1H. The van der Waals surface area contributed by atoms with Gasteiger partial charge >= 0.3 is 0 Å². The summed E-state index contributed by atoms with van der Waals surface area (Å²) in [5.74, 6) is -0.227. The molecule has 9 heteroatoms. The molecule has 1 amide bonds. The van der Waals surface area contributed by atoms with Crippen LogP contribution in [0.25, 0.3) is 11.0 Å². The first-order valence-corrected chi connectivity index (χ1v) is 7.67. The average molecular weight is 348 g/mol. The van der Waals surface area contributed by atoms with E-state index in [0.29, 0.717) is 22.9 Å². The van der Waals surface area contributed by atoms with Crippen LogP contribution in [0.3, 0.4) is 0 Å². The molecule has 1 aliphatic rings. The number of benzene rings is 1. The number of amides is 1. The van der Waals surface area contributed by atoms with E-state index in [4.69, 9.17) is 0 Å². The summed E-state index contributed by atoms with van der Waals surface area (Å²) in [7, 11) is 0. The molecule has 1 aromatic carbocycles. The van der Waals surface area contributed by atoms with Gasteiger partial charge in [-0.2, -0.15) is 20.5 Å². The monoisotopic (exact) mass is 347 g/mol. The molecular formula is C15H18ClN7O. The van der Waals surface area contributed by atoms with Gasteiger partial charge in [-0.3, -0.25) is 9.48 Å². The lowest BCUT2D eigenvalue weighted by Crippen LogP contribution is -2.32. The van der Waals surface area contributed by atoms with E-state index >= 15 is 0 Å². The summed E-state index contributed by atoms with van der Waals surface area (Å²) in [5, 5.41) is 21.2. The molecule has 126 valence electrons. The summed E-state index contributed by atoms with van der Waals surface area (Å²) in [6.07, 6.45) is 4.08. The number of nitrogens with zero attached hydrogens (tertiary/aromatic N) is 4. The molecule has 2 aromatic heterocycles. The summed E-state index contributed by atoms with van der Waals surface area (Å²) < 4.78 is 1.88. The van der Waals surface area contributed by atoms with Crippen LogP contribution in [0, 0.1) is 0 Å². The van der Waals surface area contributed by atoms with Crippen molar-refractivity contribution in [2.75, 3.05) is 18.4 Å². The number of piperidine rings is 1. The number of fused-ring (bicyclic) bond motifs is 1. The van der Waals surface area contributed by atoms with E-state index in [2.05, 4.69) is 31.1 Å². The molecule has 1 unspecified atom stereocenters. The normalized spacial score (nSPS) is 17.4. The van der Waals surface area contributed by atoms with Crippen molar-refractivity contribution in [1.29, 1.82) is 0 Å². The van der Waals surface area contributed by atoms with Crippen molar-refractivity contribution in [3.05, 3.63) is 36.2 Å². The predicted molar refractivity (Wildman–Crippen MR) is 92.5 cm³/mol. The summed E-state index contributed by atoms with van der Waals surface area (Å²) in [4.78, 5) is 12.3. The maximum absolute atomic E-state index is 12.3. The third-order valence-corrected chi connectivity index (χ3v) is 4.06. The quantitative estimate of drug-likeness (QED) is 0.670. The molecule has 1 aliphatic heterocycles. The number of anilines is 1. The Kier molecular flexibility index (Phi) is 4.77. The molecule has 0 aliphatic carbocycles. The van der Waals surface area contributed by atoms with Crippen molar-refractivity contribution < 1.29 is 4.79 Å². The minimum atomic E-state index is -0.227. The van der Waals surface area contributed by atoms with Crippen LogP contribution in [0.2, 0.25) is 0 Å². The Hall–Kier alpha value is -2.45. The maximum Gasteiger partial charge on any atom is 0.276 e. The highest BCUT2D eigenvalue weighted by molar-refractivity contribution is 6.03. The van der Waals surface area contributed by atoms with Crippen molar-refractivity contribution in [2.45, 2.75) is 18.9 Å². The van der Waals surface area contributed by atoms with Crippen LogP contribution >= 0.6 is 12.4 Å². The SMILES string of the molecule is Cl.O=C(Nc1ccc2n[nH]nc2c1)c1ccn(C2CCCNC2)n1. The lowest BCUT2D eigenvalue weighted by Gasteiger charge is -2.22. The highest BCUT2D eigenvalue weighted by Crippen LogP contribution is 2.18. The third-order valence-electron chi connectivity index (χ3n) is 4.06. The molecule has 8 nitrogen and oxygen atoms in total. The van der Waals surface area contributed by atoms with E-state index in [9.17, 15) is 4.79 Å². The minimum absolute atomic E-state index is 0. The number of carbonyl (C=O) groups is 1. The van der Waals surface area contributed by atoms with Crippen LogP contribution in [0.1, 0.15) is 29.4 Å². The first kappa shape index (κ1) is 16.4. The van der Waals surface area contributed by atoms with Crippen LogP contribution in [-0.4, -0.2) is 44.2 Å². The number of halogens is 1. The van der Waals surface area contributed by atoms with E-state index in [1.54, 1.807) is 24.3 Å². The van der Waals surface area contributed by atoms with Crippen molar-refractivity contribution in [3.8, 4) is 0 Å². The second kappa shape index (κ2) is 6.98. The Balaban J connectivity index is 0.00000169. The number of hydrogen-bond donors (Lipinski definition) is 3. The van der Waals surface area contributed by atoms with E-state index < -0.39 is 0 Å². The first-order chi connectivity index (χ1) is 11.3. The van der Waals surface area contributed by atoms with Gasteiger partial charge in [0.2, 0.25) is 0 Å². The van der Waals surface area contributed by atoms with Gasteiger partial charge in [0.1, 0.15) is 11.0 Å². The smallest absolute Gasteiger partial charge is 0.276 e. The molecule has 24 heavy (non-hydrogen) atoms. The van der Waals surface area contributed by atoms with Crippen molar-refractivity contribution in [1.82, 2.24) is 30.5 Å². The lowest BCUT2D eigenvalue weighted by atomic mass is 10.1. The van der Waals surface area contributed by atoms with Crippen LogP contribution in [0.15, 0.2) is 30.5 Å². The molecule has 0 spiro atoms. The fourth-order valence-electron chi connectivity index (χ4n) is 2.83. The van der Waals surface area contributed by atoms with Crippen molar-refractivity contribution >= 4 is 35.0 Å². The second-order valence-electron chi connectivity index (χ2n) is 5.66. The Labute approximate surface area is 144 Å². The third kappa shape index (κ3) is 3.24. The summed E-state index contributed by atoms with van der Waals surface area (Å²) in [5.41, 5.74) is 2.56. The van der Waals surface area contributed by atoms with Crippen molar-refractivity contribution in [2.24, 2.45) is 0 Å². The average Bonchev–Trinajstić information content (AvgIpc) is 3.24. The van der Waals surface area contributed by atoms with Gasteiger partial charge in [-0.05, 0) is 43.7 Å². The lowest BCUT2D eigenvalue weighted by molar-refractivity contribution is 0.102. The van der Waals surface area contributed by atoms with E-state index in [0.717, 1.165) is 31.4 Å². The number of aromatic amines is 1. The minimum Gasteiger partial charge on any atom is -0.321 e. The number of nitrogens with one attached hydrogen (secondary N) is 3. The first-order valence-electron chi connectivity index (χ1n) is 7.67. The molecule has 3 heterocycles. The highest BCUT2D eigenvalue weighted by Gasteiger charge is 2.17. The number of aromatic nitrogens is 5. The number of H-pyrrole nitrogens is 1. The van der Waals surface area contributed by atoms with E-state index in [1.807, 2.05) is 10.9 Å². The van der Waals surface area contributed by atoms with E-state index in [1.165, 1.54) is 0 Å². The molecule has 0 radical (unpaired) electrons. The topological polar surface area (TPSA) is 101 Å². The largest absolute Gasteiger partial charge is 0.321 e. The fourth-order valence-corrected chi connectivity index (χ4v) is 2.83. The van der Waals surface area contributed by atoms with Crippen LogP contribution in [0.5, 0.6) is 0 Å². The number of rotatable bonds is 3. The Morgan fingerprint density at radius 2 is 2.12 bits per heavy atom. The molecule has 1 atom stereocenters. The molecular weight excluding hydrogens is 330 g/mol. The van der Waals surface area contributed by atoms with Crippen LogP contribution < -0.4 is 10.6 Å². The molecule has 1 saturated heterocycles. The predicted octanol–water partition coefficient (Wildman–Crippen LogP) is 1.75. The van der Waals surface area contributed by atoms with Gasteiger partial charge in [0.15, 0.2) is 5.69 Å².